The van der Waals surface area contributed by atoms with Gasteiger partial charge in [0.05, 0.1) is 12.8 Å². The van der Waals surface area contributed by atoms with Crippen LogP contribution in [0.5, 0.6) is 17.2 Å². The summed E-state index contributed by atoms with van der Waals surface area (Å²) in [6, 6.07) is 12.8. The highest BCUT2D eigenvalue weighted by atomic mass is 16.6. The Bertz CT molecular complexity index is 670. The summed E-state index contributed by atoms with van der Waals surface area (Å²) in [6.07, 6.45) is -0.549. The second kappa shape index (κ2) is 6.91. The van der Waals surface area contributed by atoms with E-state index in [0.29, 0.717) is 36.1 Å². The van der Waals surface area contributed by atoms with Crippen molar-refractivity contribution in [2.75, 3.05) is 25.6 Å². The Hall–Kier alpha value is -2.89. The molecule has 120 valence electrons. The number of hydrogen-bond acceptors (Lipinski definition) is 5. The van der Waals surface area contributed by atoms with E-state index in [9.17, 15) is 4.79 Å². The summed E-state index contributed by atoms with van der Waals surface area (Å²) >= 11 is 0. The smallest absolute Gasteiger partial charge is 0.411 e. The molecule has 1 heterocycles. The van der Waals surface area contributed by atoms with Crippen LogP contribution in [0, 0.1) is 0 Å². The molecule has 0 fully saturated rings. The van der Waals surface area contributed by atoms with Crippen LogP contribution in [-0.4, -0.2) is 26.4 Å². The molecule has 1 aliphatic heterocycles. The van der Waals surface area contributed by atoms with Crippen molar-refractivity contribution in [1.29, 1.82) is 0 Å². The van der Waals surface area contributed by atoms with Crippen molar-refractivity contribution in [3.05, 3.63) is 48.0 Å². The predicted molar refractivity (Wildman–Crippen MR) is 84.2 cm³/mol. The molecular formula is C17H17NO5. The molecule has 1 aliphatic rings. The Morgan fingerprint density at radius 2 is 1.96 bits per heavy atom. The van der Waals surface area contributed by atoms with Gasteiger partial charge in [0.15, 0.2) is 11.5 Å². The Morgan fingerprint density at radius 1 is 1.17 bits per heavy atom. The molecular weight excluding hydrogens is 298 g/mol. The number of hydrogen-bond donors (Lipinski definition) is 1. The van der Waals surface area contributed by atoms with E-state index >= 15 is 0 Å². The van der Waals surface area contributed by atoms with Crippen molar-refractivity contribution in [1.82, 2.24) is 0 Å². The van der Waals surface area contributed by atoms with E-state index in [1.807, 2.05) is 30.3 Å². The number of anilines is 1. The maximum atomic E-state index is 11.9. The highest BCUT2D eigenvalue weighted by Gasteiger charge is 2.19. The Labute approximate surface area is 133 Å². The van der Waals surface area contributed by atoms with Crippen LogP contribution in [0.15, 0.2) is 42.5 Å². The first-order chi connectivity index (χ1) is 11.3. The van der Waals surface area contributed by atoms with Gasteiger partial charge >= 0.3 is 6.09 Å². The molecule has 1 amide bonds. The number of amides is 1. The molecule has 0 spiro atoms. The molecule has 1 N–H and O–H groups in total. The molecule has 2 aromatic carbocycles. The Balaban J connectivity index is 1.66. The fourth-order valence-corrected chi connectivity index (χ4v) is 2.22. The van der Waals surface area contributed by atoms with Gasteiger partial charge in [-0.2, -0.15) is 0 Å². The van der Waals surface area contributed by atoms with Gasteiger partial charge in [-0.1, -0.05) is 30.3 Å². The summed E-state index contributed by atoms with van der Waals surface area (Å²) in [5.41, 5.74) is 1.44. The van der Waals surface area contributed by atoms with Crippen molar-refractivity contribution >= 4 is 11.8 Å². The fraction of sp³-hybridized carbons (Fsp3) is 0.235. The summed E-state index contributed by atoms with van der Waals surface area (Å²) in [5.74, 6) is 1.58. The molecule has 6 nitrogen and oxygen atoms in total. The number of nitrogens with one attached hydrogen (secondary N) is 1. The van der Waals surface area contributed by atoms with E-state index in [1.165, 1.54) is 7.11 Å². The fourth-order valence-electron chi connectivity index (χ4n) is 2.22. The number of carbonyl (C=O) groups excluding carboxylic acids is 1. The lowest BCUT2D eigenvalue weighted by Gasteiger charge is -2.21. The third kappa shape index (κ3) is 3.66. The average Bonchev–Trinajstić information content (AvgIpc) is 2.60. The first-order valence-corrected chi connectivity index (χ1v) is 7.21. The number of ether oxygens (including phenoxy) is 4. The van der Waals surface area contributed by atoms with Crippen molar-refractivity contribution in [3.8, 4) is 17.2 Å². The number of rotatable bonds is 4. The van der Waals surface area contributed by atoms with Gasteiger partial charge in [0.1, 0.15) is 19.8 Å². The normalized spacial score (nSPS) is 12.4. The molecule has 0 bridgehead atoms. The minimum absolute atomic E-state index is 0.203. The van der Waals surface area contributed by atoms with Crippen LogP contribution in [0.3, 0.4) is 0 Å². The minimum atomic E-state index is -0.549. The van der Waals surface area contributed by atoms with E-state index in [-0.39, 0.29) is 6.61 Å². The molecule has 0 unspecified atom stereocenters. The first-order valence-electron chi connectivity index (χ1n) is 7.21. The van der Waals surface area contributed by atoms with Crippen LogP contribution in [0.25, 0.3) is 0 Å². The lowest BCUT2D eigenvalue weighted by molar-refractivity contribution is 0.155. The monoisotopic (exact) mass is 315 g/mol. The molecule has 0 aromatic heterocycles. The SMILES string of the molecule is COc1cc(NC(=O)OCc2ccccc2)cc2c1OCCO2. The van der Waals surface area contributed by atoms with Crippen LogP contribution >= 0.6 is 0 Å². The van der Waals surface area contributed by atoms with E-state index < -0.39 is 6.09 Å². The average molecular weight is 315 g/mol. The van der Waals surface area contributed by atoms with E-state index in [4.69, 9.17) is 18.9 Å². The van der Waals surface area contributed by atoms with Crippen molar-refractivity contribution in [2.24, 2.45) is 0 Å². The quantitative estimate of drug-likeness (QED) is 0.938. The first kappa shape index (κ1) is 15.0. The number of fused-ring (bicyclic) bond motifs is 1. The third-order valence-corrected chi connectivity index (χ3v) is 3.29. The van der Waals surface area contributed by atoms with Crippen LogP contribution in [-0.2, 0) is 11.3 Å². The van der Waals surface area contributed by atoms with Gasteiger partial charge in [0.25, 0.3) is 0 Å². The molecule has 0 aliphatic carbocycles. The van der Waals surface area contributed by atoms with Crippen LogP contribution in [0.2, 0.25) is 0 Å². The number of carbonyl (C=O) groups is 1. The van der Waals surface area contributed by atoms with Gasteiger partial charge in [-0.3, -0.25) is 5.32 Å². The van der Waals surface area contributed by atoms with Crippen LogP contribution < -0.4 is 19.5 Å². The summed E-state index contributed by atoms with van der Waals surface area (Å²) in [4.78, 5) is 11.9. The number of methoxy groups -OCH3 is 1. The maximum Gasteiger partial charge on any atom is 0.411 e. The van der Waals surface area contributed by atoms with Gasteiger partial charge in [-0.05, 0) is 5.56 Å². The number of benzene rings is 2. The lowest BCUT2D eigenvalue weighted by atomic mass is 10.2. The summed E-state index contributed by atoms with van der Waals surface area (Å²) in [7, 11) is 1.53. The molecule has 2 aromatic rings. The zero-order chi connectivity index (χ0) is 16.1. The highest BCUT2D eigenvalue weighted by molar-refractivity contribution is 5.86. The second-order valence-electron chi connectivity index (χ2n) is 4.89. The maximum absolute atomic E-state index is 11.9. The summed E-state index contributed by atoms with van der Waals surface area (Å²) in [5, 5.41) is 2.66. The zero-order valence-corrected chi connectivity index (χ0v) is 12.7. The molecule has 23 heavy (non-hydrogen) atoms. The van der Waals surface area contributed by atoms with Gasteiger partial charge in [-0.25, -0.2) is 4.79 Å². The summed E-state index contributed by atoms with van der Waals surface area (Å²) in [6.45, 7) is 1.13. The molecule has 0 atom stereocenters. The van der Waals surface area contributed by atoms with E-state index in [0.717, 1.165) is 5.56 Å². The van der Waals surface area contributed by atoms with E-state index in [2.05, 4.69) is 5.32 Å². The molecule has 6 heteroatoms. The highest BCUT2D eigenvalue weighted by Crippen LogP contribution is 2.41. The molecule has 0 radical (unpaired) electrons. The van der Waals surface area contributed by atoms with Gasteiger partial charge in [0, 0.05) is 12.1 Å². The molecule has 3 rings (SSSR count). The predicted octanol–water partition coefficient (Wildman–Crippen LogP) is 3.22. The van der Waals surface area contributed by atoms with Crippen LogP contribution in [0.4, 0.5) is 10.5 Å². The van der Waals surface area contributed by atoms with E-state index in [1.54, 1.807) is 12.1 Å². The largest absolute Gasteiger partial charge is 0.493 e. The van der Waals surface area contributed by atoms with Crippen molar-refractivity contribution in [2.45, 2.75) is 6.61 Å². The third-order valence-electron chi connectivity index (χ3n) is 3.29. The minimum Gasteiger partial charge on any atom is -0.493 e. The van der Waals surface area contributed by atoms with Crippen LogP contribution in [0.1, 0.15) is 5.56 Å². The van der Waals surface area contributed by atoms with Gasteiger partial charge in [-0.15, -0.1) is 0 Å². The summed E-state index contributed by atoms with van der Waals surface area (Å²) < 4.78 is 21.5. The topological polar surface area (TPSA) is 66.0 Å². The second-order valence-corrected chi connectivity index (χ2v) is 4.89. The van der Waals surface area contributed by atoms with Gasteiger partial charge < -0.3 is 18.9 Å². The van der Waals surface area contributed by atoms with Gasteiger partial charge in [0.2, 0.25) is 5.75 Å². The zero-order valence-electron chi connectivity index (χ0n) is 12.7. The molecule has 0 saturated heterocycles. The van der Waals surface area contributed by atoms with Crippen molar-refractivity contribution in [3.63, 3.8) is 0 Å². The molecule has 0 saturated carbocycles. The lowest BCUT2D eigenvalue weighted by Crippen LogP contribution is -2.17. The Kier molecular flexibility index (Phi) is 4.52. The van der Waals surface area contributed by atoms with Crippen molar-refractivity contribution < 1.29 is 23.7 Å². The Morgan fingerprint density at radius 3 is 2.74 bits per heavy atom. The standard InChI is InChI=1S/C17H17NO5/c1-20-14-9-13(10-15-16(14)22-8-7-21-15)18-17(19)23-11-12-5-3-2-4-6-12/h2-6,9-10H,7-8,11H2,1H3,(H,18,19).